The molecule has 0 bridgehead atoms. The van der Waals surface area contributed by atoms with Crippen LogP contribution in [0.3, 0.4) is 0 Å². The molecule has 0 unspecified atom stereocenters. The number of piperazine rings is 1. The summed E-state index contributed by atoms with van der Waals surface area (Å²) in [5, 5.41) is 0. The fraction of sp³-hybridized carbons (Fsp3) is 0.556. The van der Waals surface area contributed by atoms with Crippen molar-refractivity contribution in [2.45, 2.75) is 12.8 Å². The molecule has 6 heteroatoms. The Bertz CT molecular complexity index is 606. The molecule has 1 aromatic rings. The fourth-order valence-electron chi connectivity index (χ4n) is 3.42. The third-order valence-corrected chi connectivity index (χ3v) is 5.05. The van der Waals surface area contributed by atoms with Gasteiger partial charge in [-0.1, -0.05) is 12.1 Å². The summed E-state index contributed by atoms with van der Waals surface area (Å²) in [5.41, 5.74) is 0.112. The van der Waals surface area contributed by atoms with E-state index in [0.717, 1.165) is 26.2 Å². The van der Waals surface area contributed by atoms with E-state index in [1.807, 2.05) is 4.90 Å². The summed E-state index contributed by atoms with van der Waals surface area (Å²) in [4.78, 5) is 30.8. The lowest BCUT2D eigenvalue weighted by Gasteiger charge is -2.37. The standard InChI is InChI=1S/C18H24FN3O2/c1-20-10-12-22(13-11-20)17(23)14-6-8-21(9-7-14)18(24)15-4-2-3-5-16(15)19/h2-5,14H,6-13H2,1H3. The number of carbonyl (C=O) groups is 2. The van der Waals surface area contributed by atoms with Gasteiger partial charge < -0.3 is 14.7 Å². The van der Waals surface area contributed by atoms with E-state index < -0.39 is 5.82 Å². The Morgan fingerprint density at radius 2 is 1.58 bits per heavy atom. The molecule has 3 rings (SSSR count). The zero-order valence-corrected chi connectivity index (χ0v) is 14.1. The molecule has 130 valence electrons. The van der Waals surface area contributed by atoms with Gasteiger partial charge in [0.2, 0.25) is 5.91 Å². The number of nitrogens with zero attached hydrogens (tertiary/aromatic N) is 3. The van der Waals surface area contributed by atoms with Crippen LogP contribution in [0.15, 0.2) is 24.3 Å². The second-order valence-electron chi connectivity index (χ2n) is 6.67. The highest BCUT2D eigenvalue weighted by Gasteiger charge is 2.31. The zero-order chi connectivity index (χ0) is 17.1. The third kappa shape index (κ3) is 3.59. The van der Waals surface area contributed by atoms with Crippen LogP contribution in [0.2, 0.25) is 0 Å². The Morgan fingerprint density at radius 3 is 2.21 bits per heavy atom. The first-order valence-corrected chi connectivity index (χ1v) is 8.57. The Labute approximate surface area is 142 Å². The minimum atomic E-state index is -0.488. The van der Waals surface area contributed by atoms with E-state index in [4.69, 9.17) is 0 Å². The molecule has 2 amide bonds. The summed E-state index contributed by atoms with van der Waals surface area (Å²) in [5.74, 6) is -0.573. The first kappa shape index (κ1) is 16.9. The molecular weight excluding hydrogens is 309 g/mol. The van der Waals surface area contributed by atoms with Crippen molar-refractivity contribution >= 4 is 11.8 Å². The molecule has 0 radical (unpaired) electrons. The predicted octanol–water partition coefficient (Wildman–Crippen LogP) is 1.45. The topological polar surface area (TPSA) is 43.9 Å². The number of hydrogen-bond acceptors (Lipinski definition) is 3. The van der Waals surface area contributed by atoms with Crippen LogP contribution in [-0.4, -0.2) is 72.8 Å². The zero-order valence-electron chi connectivity index (χ0n) is 14.1. The molecule has 0 spiro atoms. The Balaban J connectivity index is 1.55. The van der Waals surface area contributed by atoms with E-state index in [1.54, 1.807) is 17.0 Å². The number of likely N-dealkylation sites (N-methyl/N-ethyl adjacent to an activating group) is 1. The van der Waals surface area contributed by atoms with Gasteiger partial charge in [-0.2, -0.15) is 0 Å². The van der Waals surface area contributed by atoms with Crippen LogP contribution in [0.25, 0.3) is 0 Å². The van der Waals surface area contributed by atoms with Gasteiger partial charge in [-0.25, -0.2) is 4.39 Å². The van der Waals surface area contributed by atoms with E-state index in [9.17, 15) is 14.0 Å². The number of hydrogen-bond donors (Lipinski definition) is 0. The van der Waals surface area contributed by atoms with E-state index in [1.165, 1.54) is 12.1 Å². The summed E-state index contributed by atoms with van der Waals surface area (Å²) >= 11 is 0. The number of likely N-dealkylation sites (tertiary alicyclic amines) is 1. The van der Waals surface area contributed by atoms with E-state index in [-0.39, 0.29) is 23.3 Å². The monoisotopic (exact) mass is 333 g/mol. The smallest absolute Gasteiger partial charge is 0.256 e. The predicted molar refractivity (Wildman–Crippen MR) is 89.1 cm³/mol. The molecule has 2 saturated heterocycles. The van der Waals surface area contributed by atoms with Crippen molar-refractivity contribution < 1.29 is 14.0 Å². The van der Waals surface area contributed by atoms with Crippen LogP contribution in [0.5, 0.6) is 0 Å². The highest BCUT2D eigenvalue weighted by molar-refractivity contribution is 5.94. The Hall–Kier alpha value is -1.95. The average Bonchev–Trinajstić information content (AvgIpc) is 2.62. The van der Waals surface area contributed by atoms with Crippen LogP contribution in [0.1, 0.15) is 23.2 Å². The van der Waals surface area contributed by atoms with Crippen molar-refractivity contribution in [1.29, 1.82) is 0 Å². The minimum Gasteiger partial charge on any atom is -0.340 e. The SMILES string of the molecule is CN1CCN(C(=O)C2CCN(C(=O)c3ccccc3F)CC2)CC1. The Kier molecular flexibility index (Phi) is 5.14. The molecule has 2 fully saturated rings. The van der Waals surface area contributed by atoms with Gasteiger partial charge >= 0.3 is 0 Å². The van der Waals surface area contributed by atoms with Gasteiger partial charge in [0.25, 0.3) is 5.91 Å². The first-order valence-electron chi connectivity index (χ1n) is 8.57. The summed E-state index contributed by atoms with van der Waals surface area (Å²) in [6, 6.07) is 6.06. The summed E-state index contributed by atoms with van der Waals surface area (Å²) in [6.45, 7) is 4.41. The number of piperidine rings is 1. The number of rotatable bonds is 2. The first-order chi connectivity index (χ1) is 11.6. The molecule has 2 aliphatic heterocycles. The number of carbonyl (C=O) groups excluding carboxylic acids is 2. The van der Waals surface area contributed by atoms with Gasteiger partial charge in [-0.05, 0) is 32.0 Å². The molecule has 0 aliphatic carbocycles. The highest BCUT2D eigenvalue weighted by Crippen LogP contribution is 2.22. The quantitative estimate of drug-likeness (QED) is 0.823. The summed E-state index contributed by atoms with van der Waals surface area (Å²) in [6.07, 6.45) is 1.32. The van der Waals surface area contributed by atoms with Crippen molar-refractivity contribution in [3.8, 4) is 0 Å². The molecule has 24 heavy (non-hydrogen) atoms. The van der Waals surface area contributed by atoms with Crippen LogP contribution in [0.4, 0.5) is 4.39 Å². The second kappa shape index (κ2) is 7.30. The maximum Gasteiger partial charge on any atom is 0.256 e. The highest BCUT2D eigenvalue weighted by atomic mass is 19.1. The van der Waals surface area contributed by atoms with Gasteiger partial charge in [-0.15, -0.1) is 0 Å². The maximum absolute atomic E-state index is 13.8. The van der Waals surface area contributed by atoms with Crippen molar-refractivity contribution in [3.63, 3.8) is 0 Å². The molecule has 0 N–H and O–H groups in total. The van der Waals surface area contributed by atoms with Gasteiger partial charge in [-0.3, -0.25) is 9.59 Å². The van der Waals surface area contributed by atoms with Gasteiger partial charge in [0.1, 0.15) is 5.82 Å². The molecular formula is C18H24FN3O2. The van der Waals surface area contributed by atoms with Gasteiger partial charge in [0, 0.05) is 45.2 Å². The fourth-order valence-corrected chi connectivity index (χ4v) is 3.42. The average molecular weight is 333 g/mol. The molecule has 2 aliphatic rings. The second-order valence-corrected chi connectivity index (χ2v) is 6.67. The van der Waals surface area contributed by atoms with E-state index in [2.05, 4.69) is 11.9 Å². The minimum absolute atomic E-state index is 0.0157. The molecule has 1 aromatic carbocycles. The molecule has 2 heterocycles. The Morgan fingerprint density at radius 1 is 0.958 bits per heavy atom. The summed E-state index contributed by atoms with van der Waals surface area (Å²) < 4.78 is 13.8. The number of amides is 2. The van der Waals surface area contributed by atoms with Gasteiger partial charge in [0.15, 0.2) is 0 Å². The number of benzene rings is 1. The molecule has 0 saturated carbocycles. The lowest BCUT2D eigenvalue weighted by Crippen LogP contribution is -2.51. The van der Waals surface area contributed by atoms with Crippen LogP contribution in [-0.2, 0) is 4.79 Å². The van der Waals surface area contributed by atoms with Crippen molar-refractivity contribution in [3.05, 3.63) is 35.6 Å². The lowest BCUT2D eigenvalue weighted by atomic mass is 9.94. The van der Waals surface area contributed by atoms with Crippen molar-refractivity contribution in [1.82, 2.24) is 14.7 Å². The van der Waals surface area contributed by atoms with Crippen LogP contribution in [0, 0.1) is 11.7 Å². The maximum atomic E-state index is 13.8. The molecule has 0 atom stereocenters. The molecule has 0 aromatic heterocycles. The number of halogens is 1. The van der Waals surface area contributed by atoms with Gasteiger partial charge in [0.05, 0.1) is 5.56 Å². The third-order valence-electron chi connectivity index (χ3n) is 5.05. The van der Waals surface area contributed by atoms with Crippen molar-refractivity contribution in [2.24, 2.45) is 5.92 Å². The summed E-state index contributed by atoms with van der Waals surface area (Å²) in [7, 11) is 2.06. The van der Waals surface area contributed by atoms with E-state index >= 15 is 0 Å². The lowest BCUT2D eigenvalue weighted by molar-refractivity contribution is -0.138. The van der Waals surface area contributed by atoms with Crippen LogP contribution >= 0.6 is 0 Å². The largest absolute Gasteiger partial charge is 0.340 e. The normalized spacial score (nSPS) is 20.2. The van der Waals surface area contributed by atoms with Crippen LogP contribution < -0.4 is 0 Å². The van der Waals surface area contributed by atoms with E-state index in [0.29, 0.717) is 25.9 Å². The molecule has 5 nitrogen and oxygen atoms in total. The van der Waals surface area contributed by atoms with Crippen molar-refractivity contribution in [2.75, 3.05) is 46.3 Å².